The number of para-hydroxylation sites is 1. The Balaban J connectivity index is 1.62. The van der Waals surface area contributed by atoms with Crippen LogP contribution in [0.3, 0.4) is 0 Å². The number of rotatable bonds is 5. The first-order chi connectivity index (χ1) is 17.4. The van der Waals surface area contributed by atoms with Crippen molar-refractivity contribution in [2.45, 2.75) is 0 Å². The molecule has 5 aromatic carbocycles. The Kier molecular flexibility index (Phi) is 5.54. The van der Waals surface area contributed by atoms with Crippen LogP contribution >= 0.6 is 0 Å². The molecule has 0 saturated heterocycles. The van der Waals surface area contributed by atoms with E-state index in [0.717, 1.165) is 39.0 Å². The number of hydrogen-bond donors (Lipinski definition) is 1. The summed E-state index contributed by atoms with van der Waals surface area (Å²) in [7, 11) is 0. The molecule has 0 aliphatic carbocycles. The minimum Gasteiger partial charge on any atom is -0.361 e. The summed E-state index contributed by atoms with van der Waals surface area (Å²) >= 11 is 0. The molecule has 6 aromatic rings. The molecule has 35 heavy (non-hydrogen) atoms. The van der Waals surface area contributed by atoms with E-state index < -0.39 is 0 Å². The van der Waals surface area contributed by atoms with Gasteiger partial charge >= 0.3 is 0 Å². The maximum Gasteiger partial charge on any atom is 0.0786 e. The zero-order chi connectivity index (χ0) is 23.5. The van der Waals surface area contributed by atoms with Crippen molar-refractivity contribution in [3.05, 3.63) is 139 Å². The lowest BCUT2D eigenvalue weighted by atomic mass is 9.91. The molecule has 0 saturated carbocycles. The van der Waals surface area contributed by atoms with Gasteiger partial charge in [0.2, 0.25) is 0 Å². The lowest BCUT2D eigenvalue weighted by Gasteiger charge is -2.16. The predicted octanol–water partition coefficient (Wildman–Crippen LogP) is 8.92. The minimum atomic E-state index is 0.964. The monoisotopic (exact) mass is 448 g/mol. The van der Waals surface area contributed by atoms with E-state index in [4.69, 9.17) is 4.99 Å². The van der Waals surface area contributed by atoms with E-state index in [-0.39, 0.29) is 0 Å². The third-order valence-electron chi connectivity index (χ3n) is 6.34. The molecule has 6 rings (SSSR count). The maximum atomic E-state index is 5.15. The number of nitrogens with zero attached hydrogens (tertiary/aromatic N) is 1. The molecule has 0 spiro atoms. The fraction of sp³-hybridized carbons (Fsp3) is 0. The Morgan fingerprint density at radius 1 is 0.514 bits per heavy atom. The quantitative estimate of drug-likeness (QED) is 0.255. The molecule has 2 heteroatoms. The molecular weight excluding hydrogens is 424 g/mol. The lowest BCUT2D eigenvalue weighted by molar-refractivity contribution is 1.46. The van der Waals surface area contributed by atoms with Gasteiger partial charge in [-0.1, -0.05) is 109 Å². The summed E-state index contributed by atoms with van der Waals surface area (Å²) in [6, 6.07) is 44.5. The normalized spacial score (nSPS) is 11.3. The minimum absolute atomic E-state index is 0.964. The summed E-state index contributed by atoms with van der Waals surface area (Å²) in [5.41, 5.74) is 10.0. The van der Waals surface area contributed by atoms with Crippen molar-refractivity contribution >= 4 is 22.8 Å². The number of hydrogen-bond acceptors (Lipinski definition) is 1. The van der Waals surface area contributed by atoms with Crippen LogP contribution in [0.1, 0.15) is 5.56 Å². The topological polar surface area (TPSA) is 28.1 Å². The van der Waals surface area contributed by atoms with Gasteiger partial charge in [0.1, 0.15) is 0 Å². The molecule has 166 valence electrons. The summed E-state index contributed by atoms with van der Waals surface area (Å²) < 4.78 is 0. The number of aliphatic imine (C=N–C) groups is 1. The number of H-pyrrole nitrogens is 1. The fourth-order valence-corrected chi connectivity index (χ4v) is 4.60. The van der Waals surface area contributed by atoms with Crippen LogP contribution in [0.25, 0.3) is 44.3 Å². The van der Waals surface area contributed by atoms with Crippen molar-refractivity contribution in [1.82, 2.24) is 4.98 Å². The summed E-state index contributed by atoms with van der Waals surface area (Å²) in [6.07, 6.45) is 3.96. The molecule has 1 heterocycles. The van der Waals surface area contributed by atoms with Gasteiger partial charge in [-0.2, -0.15) is 0 Å². The molecule has 2 nitrogen and oxygen atoms in total. The Bertz CT molecular complexity index is 1550. The van der Waals surface area contributed by atoms with Gasteiger partial charge in [-0.3, -0.25) is 4.99 Å². The van der Waals surface area contributed by atoms with Crippen LogP contribution in [0.15, 0.2) is 139 Å². The first kappa shape index (κ1) is 20.9. The highest BCUT2D eigenvalue weighted by atomic mass is 14.7. The third-order valence-corrected chi connectivity index (χ3v) is 6.34. The molecule has 0 bridgehead atoms. The molecule has 1 aromatic heterocycles. The standard InChI is InChI=1S/C33H24N2/c1-4-11-24(12-5-1)29-21-30(25-13-6-2-7-14-25)33(31(22-29)26-15-8-3-9-16-26)35-23-28-18-10-17-27-19-20-34-32(27)28/h1-23,34H/b35-23+. The van der Waals surface area contributed by atoms with E-state index >= 15 is 0 Å². The first-order valence-corrected chi connectivity index (χ1v) is 11.8. The van der Waals surface area contributed by atoms with Crippen LogP contribution in [-0.4, -0.2) is 11.2 Å². The van der Waals surface area contributed by atoms with Crippen molar-refractivity contribution < 1.29 is 0 Å². The smallest absolute Gasteiger partial charge is 0.0786 e. The Hall–Kier alpha value is -4.69. The predicted molar refractivity (Wildman–Crippen MR) is 148 cm³/mol. The average molecular weight is 449 g/mol. The zero-order valence-corrected chi connectivity index (χ0v) is 19.2. The second-order valence-corrected chi connectivity index (χ2v) is 8.57. The van der Waals surface area contributed by atoms with Gasteiger partial charge in [-0.15, -0.1) is 0 Å². The van der Waals surface area contributed by atoms with E-state index in [2.05, 4.69) is 132 Å². The molecule has 1 N–H and O–H groups in total. The molecular formula is C33H24N2. The SMILES string of the molecule is C(=N\c1c(-c2ccccc2)cc(-c2ccccc2)cc1-c1ccccc1)/c1cccc2cc[nH]c12. The van der Waals surface area contributed by atoms with Crippen LogP contribution < -0.4 is 0 Å². The fourth-order valence-electron chi connectivity index (χ4n) is 4.60. The van der Waals surface area contributed by atoms with Crippen LogP contribution in [0.2, 0.25) is 0 Å². The largest absolute Gasteiger partial charge is 0.361 e. The van der Waals surface area contributed by atoms with Gasteiger partial charge in [0, 0.05) is 34.5 Å². The van der Waals surface area contributed by atoms with Gasteiger partial charge in [-0.25, -0.2) is 0 Å². The molecule has 0 radical (unpaired) electrons. The highest BCUT2D eigenvalue weighted by Gasteiger charge is 2.15. The van der Waals surface area contributed by atoms with Gasteiger partial charge in [0.25, 0.3) is 0 Å². The molecule has 0 aliphatic heterocycles. The van der Waals surface area contributed by atoms with Crippen molar-refractivity contribution in [2.24, 2.45) is 4.99 Å². The number of aromatic nitrogens is 1. The van der Waals surface area contributed by atoms with Crippen LogP contribution in [0.5, 0.6) is 0 Å². The van der Waals surface area contributed by atoms with Gasteiger partial charge in [0.15, 0.2) is 0 Å². The van der Waals surface area contributed by atoms with Gasteiger partial charge in [-0.05, 0) is 40.5 Å². The van der Waals surface area contributed by atoms with Crippen LogP contribution in [-0.2, 0) is 0 Å². The lowest BCUT2D eigenvalue weighted by Crippen LogP contribution is -1.90. The number of aromatic amines is 1. The van der Waals surface area contributed by atoms with Crippen molar-refractivity contribution in [1.29, 1.82) is 0 Å². The maximum absolute atomic E-state index is 5.15. The zero-order valence-electron chi connectivity index (χ0n) is 19.2. The second-order valence-electron chi connectivity index (χ2n) is 8.57. The van der Waals surface area contributed by atoms with Gasteiger partial charge < -0.3 is 4.98 Å². The molecule has 0 amide bonds. The van der Waals surface area contributed by atoms with Crippen LogP contribution in [0, 0.1) is 0 Å². The second kappa shape index (κ2) is 9.28. The van der Waals surface area contributed by atoms with Gasteiger partial charge in [0.05, 0.1) is 11.2 Å². The first-order valence-electron chi connectivity index (χ1n) is 11.8. The van der Waals surface area contributed by atoms with Crippen molar-refractivity contribution in [2.75, 3.05) is 0 Å². The summed E-state index contributed by atoms with van der Waals surface area (Å²) in [6.45, 7) is 0. The van der Waals surface area contributed by atoms with E-state index in [1.165, 1.54) is 16.5 Å². The van der Waals surface area contributed by atoms with E-state index in [9.17, 15) is 0 Å². The Labute approximate surface area is 205 Å². The van der Waals surface area contributed by atoms with Crippen LogP contribution in [0.4, 0.5) is 5.69 Å². The third kappa shape index (κ3) is 4.18. The van der Waals surface area contributed by atoms with E-state index in [1.807, 2.05) is 12.4 Å². The van der Waals surface area contributed by atoms with Crippen molar-refractivity contribution in [3.63, 3.8) is 0 Å². The highest BCUT2D eigenvalue weighted by molar-refractivity contribution is 6.01. The Morgan fingerprint density at radius 3 is 1.69 bits per heavy atom. The van der Waals surface area contributed by atoms with E-state index in [1.54, 1.807) is 0 Å². The summed E-state index contributed by atoms with van der Waals surface area (Å²) in [4.78, 5) is 8.51. The molecule has 0 unspecified atom stereocenters. The number of benzene rings is 5. The molecule has 0 atom stereocenters. The average Bonchev–Trinajstić information content (AvgIpc) is 3.43. The highest BCUT2D eigenvalue weighted by Crippen LogP contribution is 2.42. The van der Waals surface area contributed by atoms with E-state index in [0.29, 0.717) is 0 Å². The number of fused-ring (bicyclic) bond motifs is 1. The molecule has 0 fully saturated rings. The molecule has 0 aliphatic rings. The van der Waals surface area contributed by atoms with Crippen molar-refractivity contribution in [3.8, 4) is 33.4 Å². The summed E-state index contributed by atoms with van der Waals surface area (Å²) in [5.74, 6) is 0. The number of nitrogens with one attached hydrogen (secondary N) is 1. The summed E-state index contributed by atoms with van der Waals surface area (Å²) in [5, 5.41) is 1.18. The Morgan fingerprint density at radius 2 is 1.09 bits per heavy atom.